The van der Waals surface area contributed by atoms with E-state index in [0.717, 1.165) is 5.13 Å². The van der Waals surface area contributed by atoms with E-state index in [-0.39, 0.29) is 21.6 Å². The maximum Gasteiger partial charge on any atom is 0.222 e. The summed E-state index contributed by atoms with van der Waals surface area (Å²) in [5.74, 6) is -0.586. The lowest BCUT2D eigenvalue weighted by Gasteiger charge is -2.26. The molecule has 0 bridgehead atoms. The molecular formula is C21H17ClFN5O3S2. The maximum atomic E-state index is 15.6. The molecule has 0 saturated carbocycles. The van der Waals surface area contributed by atoms with Gasteiger partial charge in [-0.05, 0) is 41.9 Å². The van der Waals surface area contributed by atoms with Crippen LogP contribution in [0, 0.1) is 5.82 Å². The van der Waals surface area contributed by atoms with Crippen LogP contribution in [0.4, 0.5) is 15.2 Å². The first-order valence-electron chi connectivity index (χ1n) is 9.93. The maximum absolute atomic E-state index is 15.6. The van der Waals surface area contributed by atoms with Gasteiger partial charge in [-0.25, -0.2) is 23.6 Å². The second-order valence-electron chi connectivity index (χ2n) is 6.95. The lowest BCUT2D eigenvalue weighted by molar-refractivity contribution is 0.122. The molecule has 12 heteroatoms. The Morgan fingerprint density at radius 2 is 2.00 bits per heavy atom. The molecule has 4 heterocycles. The van der Waals surface area contributed by atoms with E-state index < -0.39 is 16.8 Å². The molecule has 5 rings (SSSR count). The molecule has 1 N–H and O–H groups in total. The molecule has 1 aliphatic rings. The zero-order valence-electron chi connectivity index (χ0n) is 17.0. The van der Waals surface area contributed by atoms with E-state index >= 15 is 4.39 Å². The van der Waals surface area contributed by atoms with Gasteiger partial charge < -0.3 is 14.1 Å². The third-order valence-electron chi connectivity index (χ3n) is 4.89. The molecule has 33 heavy (non-hydrogen) atoms. The molecule has 1 aliphatic heterocycles. The van der Waals surface area contributed by atoms with E-state index in [1.54, 1.807) is 36.5 Å². The number of halogens is 2. The van der Waals surface area contributed by atoms with Crippen LogP contribution >= 0.6 is 22.9 Å². The minimum atomic E-state index is -1.76. The van der Waals surface area contributed by atoms with Crippen molar-refractivity contribution < 1.29 is 17.8 Å². The van der Waals surface area contributed by atoms with Gasteiger partial charge in [-0.15, -0.1) is 0 Å². The van der Waals surface area contributed by atoms with Gasteiger partial charge in [0.2, 0.25) is 10.4 Å². The van der Waals surface area contributed by atoms with Gasteiger partial charge in [0, 0.05) is 24.8 Å². The van der Waals surface area contributed by atoms with Crippen molar-refractivity contribution in [3.05, 3.63) is 60.0 Å². The standard InChI is InChI=1S/C21H17ClFN5O3S2/c22-20-24-7-6-15(25-20)19-18(26-21(32-19)28-8-11-30-12-9-28)13-3-1-4-14(17(13)23)27-33(29)16-5-2-10-31-16/h1-7,10,27H,8-9,11-12H2. The Bertz CT molecular complexity index is 1300. The molecular weight excluding hydrogens is 489 g/mol. The highest BCUT2D eigenvalue weighted by Gasteiger charge is 2.24. The van der Waals surface area contributed by atoms with Crippen LogP contribution in [0.2, 0.25) is 5.28 Å². The van der Waals surface area contributed by atoms with Gasteiger partial charge in [0.05, 0.1) is 41.4 Å². The summed E-state index contributed by atoms with van der Waals surface area (Å²) in [5.41, 5.74) is 1.27. The Morgan fingerprint density at radius 1 is 1.15 bits per heavy atom. The van der Waals surface area contributed by atoms with Crippen molar-refractivity contribution in [2.24, 2.45) is 0 Å². The largest absolute Gasteiger partial charge is 0.454 e. The van der Waals surface area contributed by atoms with Crippen LogP contribution in [0.25, 0.3) is 21.8 Å². The molecule has 3 aromatic heterocycles. The van der Waals surface area contributed by atoms with Crippen LogP contribution in [-0.4, -0.2) is 45.5 Å². The molecule has 0 radical (unpaired) electrons. The molecule has 1 aromatic carbocycles. The van der Waals surface area contributed by atoms with Gasteiger partial charge in [0.15, 0.2) is 21.9 Å². The lowest BCUT2D eigenvalue weighted by atomic mass is 10.1. The number of thiazole rings is 1. The van der Waals surface area contributed by atoms with Crippen molar-refractivity contribution >= 4 is 44.7 Å². The van der Waals surface area contributed by atoms with Crippen molar-refractivity contribution in [1.82, 2.24) is 15.0 Å². The fourth-order valence-corrected chi connectivity index (χ4v) is 5.38. The Hall–Kier alpha value is -2.86. The molecule has 1 fully saturated rings. The van der Waals surface area contributed by atoms with Gasteiger partial charge in [-0.1, -0.05) is 17.4 Å². The number of nitrogens with zero attached hydrogens (tertiary/aromatic N) is 4. The third kappa shape index (κ3) is 4.62. The summed E-state index contributed by atoms with van der Waals surface area (Å²) >= 11 is 7.42. The summed E-state index contributed by atoms with van der Waals surface area (Å²) in [7, 11) is -1.76. The van der Waals surface area contributed by atoms with E-state index in [1.165, 1.54) is 23.7 Å². The van der Waals surface area contributed by atoms with Crippen molar-refractivity contribution in [3.63, 3.8) is 0 Å². The number of nitrogens with one attached hydrogen (secondary N) is 1. The van der Waals surface area contributed by atoms with Crippen LogP contribution in [-0.2, 0) is 15.7 Å². The van der Waals surface area contributed by atoms with Gasteiger partial charge in [-0.2, -0.15) is 0 Å². The van der Waals surface area contributed by atoms with Gasteiger partial charge in [-0.3, -0.25) is 4.72 Å². The molecule has 0 aliphatic carbocycles. The number of furan rings is 1. The van der Waals surface area contributed by atoms with E-state index in [9.17, 15) is 4.21 Å². The van der Waals surface area contributed by atoms with E-state index in [2.05, 4.69) is 19.6 Å². The highest BCUT2D eigenvalue weighted by molar-refractivity contribution is 7.86. The zero-order chi connectivity index (χ0) is 22.8. The Kier molecular flexibility index (Phi) is 6.36. The summed E-state index contributed by atoms with van der Waals surface area (Å²) in [5, 5.41) is 1.01. The van der Waals surface area contributed by atoms with Crippen molar-refractivity contribution in [3.8, 4) is 21.8 Å². The number of benzene rings is 1. The average Bonchev–Trinajstić information content (AvgIpc) is 3.52. The topological polar surface area (TPSA) is 93.4 Å². The molecule has 4 aromatic rings. The van der Waals surface area contributed by atoms with E-state index in [4.69, 9.17) is 25.7 Å². The smallest absolute Gasteiger partial charge is 0.222 e. The molecule has 1 saturated heterocycles. The SMILES string of the molecule is O=S(Nc1cccc(-c2nc(N3CCOCC3)sc2-c2ccnc(Cl)n2)c1F)c1ccco1. The molecule has 1 unspecified atom stereocenters. The van der Waals surface area contributed by atoms with Crippen molar-refractivity contribution in [1.29, 1.82) is 0 Å². The number of rotatable bonds is 6. The fourth-order valence-electron chi connectivity index (χ4n) is 3.33. The summed E-state index contributed by atoms with van der Waals surface area (Å²) < 4.78 is 41.4. The summed E-state index contributed by atoms with van der Waals surface area (Å²) in [6.07, 6.45) is 2.95. The summed E-state index contributed by atoms with van der Waals surface area (Å²) in [6.45, 7) is 2.55. The first-order valence-corrected chi connectivity index (χ1v) is 12.3. The molecule has 1 atom stereocenters. The second-order valence-corrected chi connectivity index (χ2v) is 9.41. The number of hydrogen-bond donors (Lipinski definition) is 1. The average molecular weight is 506 g/mol. The minimum Gasteiger partial charge on any atom is -0.454 e. The minimum absolute atomic E-state index is 0.0647. The molecule has 0 spiro atoms. The van der Waals surface area contributed by atoms with Crippen molar-refractivity contribution in [2.45, 2.75) is 5.09 Å². The first-order chi connectivity index (χ1) is 16.1. The zero-order valence-corrected chi connectivity index (χ0v) is 19.4. The lowest BCUT2D eigenvalue weighted by Crippen LogP contribution is -2.36. The molecule has 8 nitrogen and oxygen atoms in total. The predicted octanol–water partition coefficient (Wildman–Crippen LogP) is 4.62. The Labute approximate surface area is 200 Å². The number of hydrogen-bond acceptors (Lipinski definition) is 8. The first kappa shape index (κ1) is 22.0. The number of aromatic nitrogens is 3. The Balaban J connectivity index is 1.57. The predicted molar refractivity (Wildman–Crippen MR) is 125 cm³/mol. The second kappa shape index (κ2) is 9.56. The quantitative estimate of drug-likeness (QED) is 0.382. The van der Waals surface area contributed by atoms with E-state index in [0.29, 0.717) is 42.6 Å². The number of ether oxygens (including phenoxy) is 1. The van der Waals surface area contributed by atoms with Crippen LogP contribution in [0.5, 0.6) is 0 Å². The normalized spacial score (nSPS) is 14.9. The third-order valence-corrected chi connectivity index (χ3v) is 7.21. The van der Waals surface area contributed by atoms with Crippen LogP contribution in [0.1, 0.15) is 0 Å². The van der Waals surface area contributed by atoms with Crippen molar-refractivity contribution in [2.75, 3.05) is 35.9 Å². The van der Waals surface area contributed by atoms with Crippen LogP contribution in [0.15, 0.2) is 58.4 Å². The number of morpholine rings is 1. The highest BCUT2D eigenvalue weighted by atomic mass is 35.5. The summed E-state index contributed by atoms with van der Waals surface area (Å²) in [4.78, 5) is 15.8. The monoisotopic (exact) mass is 505 g/mol. The molecule has 170 valence electrons. The van der Waals surface area contributed by atoms with Gasteiger partial charge in [0.25, 0.3) is 0 Å². The van der Waals surface area contributed by atoms with Gasteiger partial charge >= 0.3 is 0 Å². The van der Waals surface area contributed by atoms with Crippen LogP contribution in [0.3, 0.4) is 0 Å². The fraction of sp³-hybridized carbons (Fsp3) is 0.190. The van der Waals surface area contributed by atoms with Gasteiger partial charge in [0.1, 0.15) is 0 Å². The van der Waals surface area contributed by atoms with E-state index in [1.807, 2.05) is 0 Å². The molecule has 0 amide bonds. The highest BCUT2D eigenvalue weighted by Crippen LogP contribution is 2.41. The summed E-state index contributed by atoms with van der Waals surface area (Å²) in [6, 6.07) is 9.68. The van der Waals surface area contributed by atoms with Crippen LogP contribution < -0.4 is 9.62 Å². The Morgan fingerprint density at radius 3 is 2.76 bits per heavy atom. The number of anilines is 2.